The molecule has 0 saturated carbocycles. The van der Waals surface area contributed by atoms with E-state index in [-0.39, 0.29) is 18.7 Å². The summed E-state index contributed by atoms with van der Waals surface area (Å²) < 4.78 is 20.7. The first kappa shape index (κ1) is 21.1. The predicted molar refractivity (Wildman–Crippen MR) is 115 cm³/mol. The van der Waals surface area contributed by atoms with E-state index in [1.54, 1.807) is 6.07 Å². The summed E-state index contributed by atoms with van der Waals surface area (Å²) in [4.78, 5) is 19.6. The van der Waals surface area contributed by atoms with Gasteiger partial charge in [-0.3, -0.25) is 4.90 Å². The van der Waals surface area contributed by atoms with Gasteiger partial charge in [0.25, 0.3) is 0 Å². The van der Waals surface area contributed by atoms with Gasteiger partial charge in [0.15, 0.2) is 0 Å². The Kier molecular flexibility index (Phi) is 6.66. The minimum Gasteiger partial charge on any atom is -0.379 e. The monoisotopic (exact) mass is 424 g/mol. The van der Waals surface area contributed by atoms with Crippen LogP contribution in [0.2, 0.25) is 0 Å². The van der Waals surface area contributed by atoms with E-state index in [0.29, 0.717) is 12.1 Å². The molecule has 1 fully saturated rings. The smallest absolute Gasteiger partial charge is 0.351 e. The second kappa shape index (κ2) is 9.78. The Morgan fingerprint density at radius 2 is 1.94 bits per heavy atom. The Bertz CT molecular complexity index is 1100. The summed E-state index contributed by atoms with van der Waals surface area (Å²) in [6.45, 7) is 4.37. The van der Waals surface area contributed by atoms with Crippen LogP contribution in [0.25, 0.3) is 17.1 Å². The van der Waals surface area contributed by atoms with Crippen molar-refractivity contribution in [1.29, 1.82) is 0 Å². The van der Waals surface area contributed by atoms with E-state index in [0.717, 1.165) is 48.8 Å². The van der Waals surface area contributed by atoms with E-state index in [1.807, 2.05) is 24.3 Å². The lowest BCUT2D eigenvalue weighted by atomic mass is 10.1. The van der Waals surface area contributed by atoms with Crippen LogP contribution in [0.5, 0.6) is 0 Å². The van der Waals surface area contributed by atoms with Crippen molar-refractivity contribution in [3.63, 3.8) is 0 Å². The number of pyridine rings is 1. The zero-order chi connectivity index (χ0) is 21.6. The van der Waals surface area contributed by atoms with Crippen molar-refractivity contribution in [3.8, 4) is 17.1 Å². The molecule has 0 atom stereocenters. The van der Waals surface area contributed by atoms with Crippen LogP contribution in [-0.2, 0) is 17.8 Å². The van der Waals surface area contributed by atoms with E-state index < -0.39 is 5.69 Å². The van der Waals surface area contributed by atoms with E-state index in [4.69, 9.17) is 10.5 Å². The Morgan fingerprint density at radius 1 is 1.16 bits per heavy atom. The zero-order valence-electron chi connectivity index (χ0n) is 17.2. The van der Waals surface area contributed by atoms with Crippen LogP contribution < -0.4 is 11.4 Å². The van der Waals surface area contributed by atoms with Crippen molar-refractivity contribution in [3.05, 3.63) is 76.7 Å². The van der Waals surface area contributed by atoms with Crippen LogP contribution in [0.3, 0.4) is 0 Å². The molecule has 9 heteroatoms. The fourth-order valence-corrected chi connectivity index (χ4v) is 3.46. The molecule has 3 heterocycles. The second-order valence-corrected chi connectivity index (χ2v) is 7.38. The Labute approximate surface area is 179 Å². The SMILES string of the molecule is NC/C(=C\F)Cn1ncn(-c2cccc(-c3ccc(CN4CCOCC4)cc3)n2)c1=O. The third-order valence-corrected chi connectivity index (χ3v) is 5.24. The molecule has 1 saturated heterocycles. The summed E-state index contributed by atoms with van der Waals surface area (Å²) in [5.41, 5.74) is 8.29. The number of morpholine rings is 1. The highest BCUT2D eigenvalue weighted by molar-refractivity contribution is 5.60. The Balaban J connectivity index is 1.52. The van der Waals surface area contributed by atoms with Crippen LogP contribution >= 0.6 is 0 Å². The highest BCUT2D eigenvalue weighted by Gasteiger charge is 2.12. The molecular formula is C22H25FN6O2. The maximum Gasteiger partial charge on any atom is 0.351 e. The molecule has 0 bridgehead atoms. The molecule has 0 unspecified atom stereocenters. The quantitative estimate of drug-likeness (QED) is 0.621. The zero-order valence-corrected chi connectivity index (χ0v) is 17.2. The van der Waals surface area contributed by atoms with Crippen LogP contribution in [-0.4, -0.2) is 57.1 Å². The van der Waals surface area contributed by atoms with Gasteiger partial charge in [0.05, 0.1) is 31.8 Å². The number of aromatic nitrogens is 4. The fraction of sp³-hybridized carbons (Fsp3) is 0.318. The van der Waals surface area contributed by atoms with Crippen molar-refractivity contribution in [2.45, 2.75) is 13.1 Å². The average molecular weight is 424 g/mol. The third-order valence-electron chi connectivity index (χ3n) is 5.24. The number of benzene rings is 1. The van der Waals surface area contributed by atoms with Crippen molar-refractivity contribution >= 4 is 0 Å². The lowest BCUT2D eigenvalue weighted by Gasteiger charge is -2.26. The molecule has 1 aliphatic heterocycles. The molecule has 0 radical (unpaired) electrons. The molecular weight excluding hydrogens is 399 g/mol. The predicted octanol–water partition coefficient (Wildman–Crippen LogP) is 1.74. The van der Waals surface area contributed by atoms with Crippen LogP contribution in [0.15, 0.2) is 65.5 Å². The molecule has 4 rings (SSSR count). The van der Waals surface area contributed by atoms with Crippen molar-refractivity contribution in [2.75, 3.05) is 32.8 Å². The molecule has 0 amide bonds. The third kappa shape index (κ3) is 4.96. The standard InChI is InChI=1S/C22H25FN6O2/c23-12-18(13-24)15-29-22(30)28(16-25-29)21-3-1-2-20(26-21)19-6-4-17(5-7-19)14-27-8-10-31-11-9-27/h1-7,12,16H,8-11,13-15,24H2/b18-12+. The minimum absolute atomic E-state index is 0.00310. The average Bonchev–Trinajstić information content (AvgIpc) is 3.18. The molecule has 1 aliphatic rings. The number of hydrogen-bond donors (Lipinski definition) is 1. The lowest BCUT2D eigenvalue weighted by Crippen LogP contribution is -2.35. The molecule has 162 valence electrons. The van der Waals surface area contributed by atoms with Crippen LogP contribution in [0.4, 0.5) is 4.39 Å². The van der Waals surface area contributed by atoms with Crippen molar-refractivity contribution < 1.29 is 9.13 Å². The van der Waals surface area contributed by atoms with Crippen LogP contribution in [0, 0.1) is 0 Å². The Morgan fingerprint density at radius 3 is 2.65 bits per heavy atom. The highest BCUT2D eigenvalue weighted by atomic mass is 19.1. The maximum absolute atomic E-state index is 12.8. The number of hydrogen-bond acceptors (Lipinski definition) is 6. The number of nitrogens with zero attached hydrogens (tertiary/aromatic N) is 5. The number of nitrogens with two attached hydrogens (primary N) is 1. The maximum atomic E-state index is 12.8. The molecule has 2 N–H and O–H groups in total. The van der Waals surface area contributed by atoms with E-state index in [2.05, 4.69) is 27.1 Å². The Hall–Kier alpha value is -3.14. The highest BCUT2D eigenvalue weighted by Crippen LogP contribution is 2.19. The normalized spacial score (nSPS) is 15.4. The van der Waals surface area contributed by atoms with Crippen molar-refractivity contribution in [2.24, 2.45) is 5.73 Å². The summed E-state index contributed by atoms with van der Waals surface area (Å²) in [7, 11) is 0. The van der Waals surface area contributed by atoms with E-state index >= 15 is 0 Å². The van der Waals surface area contributed by atoms with Crippen LogP contribution in [0.1, 0.15) is 5.56 Å². The second-order valence-electron chi connectivity index (χ2n) is 7.38. The first-order valence-corrected chi connectivity index (χ1v) is 10.2. The number of rotatable bonds is 7. The molecule has 0 aliphatic carbocycles. The fourth-order valence-electron chi connectivity index (χ4n) is 3.46. The van der Waals surface area contributed by atoms with Gasteiger partial charge >= 0.3 is 5.69 Å². The van der Waals surface area contributed by atoms with Crippen molar-refractivity contribution in [1.82, 2.24) is 24.2 Å². The minimum atomic E-state index is -0.404. The molecule has 2 aromatic heterocycles. The van der Waals surface area contributed by atoms with E-state index in [1.165, 1.54) is 16.5 Å². The van der Waals surface area contributed by atoms with Gasteiger partial charge in [-0.05, 0) is 23.3 Å². The molecule has 3 aromatic rings. The largest absolute Gasteiger partial charge is 0.379 e. The molecule has 1 aromatic carbocycles. The number of halogens is 1. The first-order chi connectivity index (χ1) is 15.2. The molecule has 31 heavy (non-hydrogen) atoms. The topological polar surface area (TPSA) is 91.2 Å². The number of ether oxygens (including phenoxy) is 1. The summed E-state index contributed by atoms with van der Waals surface area (Å²) in [6, 6.07) is 13.7. The van der Waals surface area contributed by atoms with Gasteiger partial charge in [-0.2, -0.15) is 5.10 Å². The van der Waals surface area contributed by atoms with Gasteiger partial charge in [-0.1, -0.05) is 30.3 Å². The summed E-state index contributed by atoms with van der Waals surface area (Å²) >= 11 is 0. The molecule has 8 nitrogen and oxygen atoms in total. The van der Waals surface area contributed by atoms with E-state index in [9.17, 15) is 9.18 Å². The van der Waals surface area contributed by atoms with Gasteiger partial charge in [0.2, 0.25) is 0 Å². The summed E-state index contributed by atoms with van der Waals surface area (Å²) in [5, 5.41) is 4.05. The van der Waals surface area contributed by atoms with Gasteiger partial charge in [-0.15, -0.1) is 0 Å². The molecule has 0 spiro atoms. The van der Waals surface area contributed by atoms with Gasteiger partial charge in [0.1, 0.15) is 12.1 Å². The van der Waals surface area contributed by atoms with Gasteiger partial charge < -0.3 is 10.5 Å². The van der Waals surface area contributed by atoms with Gasteiger partial charge in [-0.25, -0.2) is 23.4 Å². The van der Waals surface area contributed by atoms with Gasteiger partial charge in [0, 0.05) is 31.7 Å². The summed E-state index contributed by atoms with van der Waals surface area (Å²) in [6.07, 6.45) is 1.79. The summed E-state index contributed by atoms with van der Waals surface area (Å²) in [5.74, 6) is 0.449. The lowest BCUT2D eigenvalue weighted by molar-refractivity contribution is 0.0342. The first-order valence-electron chi connectivity index (χ1n) is 10.2.